The predicted molar refractivity (Wildman–Crippen MR) is 78.2 cm³/mol. The number of anilines is 1. The Balaban J connectivity index is 1.85. The fourth-order valence-corrected chi connectivity index (χ4v) is 3.28. The van der Waals surface area contributed by atoms with Gasteiger partial charge in [0.25, 0.3) is 0 Å². The molecule has 1 N–H and O–H groups in total. The van der Waals surface area contributed by atoms with Crippen molar-refractivity contribution in [2.45, 2.75) is 38.5 Å². The van der Waals surface area contributed by atoms with E-state index in [2.05, 4.69) is 11.0 Å². The zero-order valence-corrected chi connectivity index (χ0v) is 12.0. The Morgan fingerprint density at radius 3 is 2.71 bits per heavy atom. The maximum absolute atomic E-state index is 11.0. The van der Waals surface area contributed by atoms with Crippen molar-refractivity contribution in [3.05, 3.63) is 22.9 Å². The van der Waals surface area contributed by atoms with Gasteiger partial charge in [0.05, 0.1) is 11.5 Å². The van der Waals surface area contributed by atoms with Crippen LogP contribution in [0.1, 0.15) is 42.5 Å². The Morgan fingerprint density at radius 2 is 2.05 bits per heavy atom. The molecule has 5 nitrogen and oxygen atoms in total. The minimum Gasteiger partial charge on any atom is -0.481 e. The summed E-state index contributed by atoms with van der Waals surface area (Å²) in [6, 6.07) is 4.24. The van der Waals surface area contributed by atoms with Gasteiger partial charge < -0.3 is 10.0 Å². The first-order valence-electron chi connectivity index (χ1n) is 7.59. The van der Waals surface area contributed by atoms with Gasteiger partial charge in [0.15, 0.2) is 0 Å². The van der Waals surface area contributed by atoms with Gasteiger partial charge in [-0.25, -0.2) is 4.98 Å². The van der Waals surface area contributed by atoms with Crippen LogP contribution in [0.5, 0.6) is 0 Å². The standard InChI is InChI=1S/C16H19N3O2/c17-10-13-9-12-3-1-2-4-14(12)18-15(13)19-7-5-11(6-8-19)16(20)21/h9,11H,1-8H2,(H,20,21). The zero-order valence-electron chi connectivity index (χ0n) is 12.0. The van der Waals surface area contributed by atoms with E-state index in [0.717, 1.165) is 30.8 Å². The van der Waals surface area contributed by atoms with Crippen molar-refractivity contribution in [3.63, 3.8) is 0 Å². The molecule has 1 aliphatic carbocycles. The number of carbonyl (C=O) groups is 1. The van der Waals surface area contributed by atoms with Crippen LogP contribution >= 0.6 is 0 Å². The molecule has 1 aromatic heterocycles. The molecule has 0 atom stereocenters. The number of carboxylic acid groups (broad SMARTS) is 1. The Kier molecular flexibility index (Phi) is 3.78. The second kappa shape index (κ2) is 5.72. The van der Waals surface area contributed by atoms with Crippen molar-refractivity contribution in [2.24, 2.45) is 5.92 Å². The fourth-order valence-electron chi connectivity index (χ4n) is 3.28. The fraction of sp³-hybridized carbons (Fsp3) is 0.562. The molecule has 0 bridgehead atoms. The average Bonchev–Trinajstić information content (AvgIpc) is 2.53. The van der Waals surface area contributed by atoms with Crippen molar-refractivity contribution in [2.75, 3.05) is 18.0 Å². The normalized spacial score (nSPS) is 18.9. The SMILES string of the molecule is N#Cc1cc2c(nc1N1CCC(C(=O)O)CC1)CCCC2. The highest BCUT2D eigenvalue weighted by atomic mass is 16.4. The second-order valence-electron chi connectivity index (χ2n) is 5.88. The number of hydrogen-bond donors (Lipinski definition) is 1. The average molecular weight is 285 g/mol. The van der Waals surface area contributed by atoms with Crippen molar-refractivity contribution in [1.29, 1.82) is 5.26 Å². The molecule has 1 fully saturated rings. The molecule has 0 radical (unpaired) electrons. The van der Waals surface area contributed by atoms with E-state index in [1.807, 2.05) is 6.07 Å². The lowest BCUT2D eigenvalue weighted by atomic mass is 9.94. The van der Waals surface area contributed by atoms with Gasteiger partial charge in [-0.15, -0.1) is 0 Å². The largest absolute Gasteiger partial charge is 0.481 e. The van der Waals surface area contributed by atoms with Crippen molar-refractivity contribution in [3.8, 4) is 6.07 Å². The number of pyridine rings is 1. The number of nitrogens with zero attached hydrogens (tertiary/aromatic N) is 3. The smallest absolute Gasteiger partial charge is 0.306 e. The summed E-state index contributed by atoms with van der Waals surface area (Å²) in [5.74, 6) is -0.222. The number of nitriles is 1. The molecule has 110 valence electrons. The summed E-state index contributed by atoms with van der Waals surface area (Å²) in [4.78, 5) is 17.8. The summed E-state index contributed by atoms with van der Waals surface area (Å²) in [6.45, 7) is 1.33. The summed E-state index contributed by atoms with van der Waals surface area (Å²) in [6.07, 6.45) is 5.57. The van der Waals surface area contributed by atoms with E-state index in [0.29, 0.717) is 31.5 Å². The number of fused-ring (bicyclic) bond motifs is 1. The highest BCUT2D eigenvalue weighted by Gasteiger charge is 2.27. The van der Waals surface area contributed by atoms with E-state index in [9.17, 15) is 10.1 Å². The van der Waals surface area contributed by atoms with E-state index < -0.39 is 5.97 Å². The Hall–Kier alpha value is -2.09. The van der Waals surface area contributed by atoms with Gasteiger partial charge in [-0.05, 0) is 50.2 Å². The van der Waals surface area contributed by atoms with Crippen LogP contribution < -0.4 is 4.90 Å². The summed E-state index contributed by atoms with van der Waals surface area (Å²) in [7, 11) is 0. The molecule has 21 heavy (non-hydrogen) atoms. The van der Waals surface area contributed by atoms with Crippen molar-refractivity contribution >= 4 is 11.8 Å². The predicted octanol–water partition coefficient (Wildman–Crippen LogP) is 2.13. The van der Waals surface area contributed by atoms with Crippen LogP contribution in [0.15, 0.2) is 6.07 Å². The molecule has 0 aromatic carbocycles. The lowest BCUT2D eigenvalue weighted by molar-refractivity contribution is -0.142. The quantitative estimate of drug-likeness (QED) is 0.900. The van der Waals surface area contributed by atoms with Crippen LogP contribution in [0, 0.1) is 17.2 Å². The van der Waals surface area contributed by atoms with E-state index in [1.54, 1.807) is 0 Å². The van der Waals surface area contributed by atoms with Gasteiger partial charge in [-0.3, -0.25) is 4.79 Å². The topological polar surface area (TPSA) is 77.2 Å². The van der Waals surface area contributed by atoms with Gasteiger partial charge in [-0.1, -0.05) is 0 Å². The summed E-state index contributed by atoms with van der Waals surface area (Å²) >= 11 is 0. The van der Waals surface area contributed by atoms with Gasteiger partial charge in [0.1, 0.15) is 11.9 Å². The van der Waals surface area contributed by atoms with Crippen LogP contribution in [-0.2, 0) is 17.6 Å². The van der Waals surface area contributed by atoms with Gasteiger partial charge in [0, 0.05) is 18.8 Å². The third-order valence-corrected chi connectivity index (χ3v) is 4.54. The molecule has 5 heteroatoms. The number of aliphatic carboxylic acids is 1. The van der Waals surface area contributed by atoms with E-state index in [1.165, 1.54) is 12.0 Å². The Labute approximate surface area is 124 Å². The van der Waals surface area contributed by atoms with E-state index in [4.69, 9.17) is 10.1 Å². The first kappa shape index (κ1) is 13.9. The molecular weight excluding hydrogens is 266 g/mol. The van der Waals surface area contributed by atoms with Crippen LogP contribution in [-0.4, -0.2) is 29.1 Å². The molecule has 1 aliphatic heterocycles. The van der Waals surface area contributed by atoms with Gasteiger partial charge >= 0.3 is 5.97 Å². The molecule has 0 saturated carbocycles. The number of aryl methyl sites for hydroxylation is 2. The maximum atomic E-state index is 11.0. The van der Waals surface area contributed by atoms with E-state index >= 15 is 0 Å². The van der Waals surface area contributed by atoms with Crippen LogP contribution in [0.3, 0.4) is 0 Å². The van der Waals surface area contributed by atoms with Crippen LogP contribution in [0.2, 0.25) is 0 Å². The van der Waals surface area contributed by atoms with Crippen LogP contribution in [0.4, 0.5) is 5.82 Å². The van der Waals surface area contributed by atoms with Crippen molar-refractivity contribution < 1.29 is 9.90 Å². The number of aromatic nitrogens is 1. The molecule has 0 unspecified atom stereocenters. The Morgan fingerprint density at radius 1 is 1.33 bits per heavy atom. The van der Waals surface area contributed by atoms with Gasteiger partial charge in [-0.2, -0.15) is 5.26 Å². The monoisotopic (exact) mass is 285 g/mol. The minimum atomic E-state index is -0.714. The first-order valence-corrected chi connectivity index (χ1v) is 7.59. The molecule has 2 aliphatic rings. The molecule has 2 heterocycles. The van der Waals surface area contributed by atoms with Crippen molar-refractivity contribution in [1.82, 2.24) is 4.98 Å². The van der Waals surface area contributed by atoms with Crippen LogP contribution in [0.25, 0.3) is 0 Å². The molecule has 1 aromatic rings. The van der Waals surface area contributed by atoms with E-state index in [-0.39, 0.29) is 5.92 Å². The first-order chi connectivity index (χ1) is 10.2. The Bertz CT molecular complexity index is 598. The third kappa shape index (κ3) is 2.71. The molecule has 0 spiro atoms. The molecule has 3 rings (SSSR count). The zero-order chi connectivity index (χ0) is 14.8. The second-order valence-corrected chi connectivity index (χ2v) is 5.88. The number of hydrogen-bond acceptors (Lipinski definition) is 4. The third-order valence-electron chi connectivity index (χ3n) is 4.54. The summed E-state index contributed by atoms with van der Waals surface area (Å²) in [5, 5.41) is 18.4. The number of carboxylic acids is 1. The molecule has 0 amide bonds. The number of rotatable bonds is 2. The number of piperidine rings is 1. The summed E-state index contributed by atoms with van der Waals surface area (Å²) in [5.41, 5.74) is 2.96. The highest BCUT2D eigenvalue weighted by Crippen LogP contribution is 2.29. The maximum Gasteiger partial charge on any atom is 0.306 e. The summed E-state index contributed by atoms with van der Waals surface area (Å²) < 4.78 is 0. The molecule has 1 saturated heterocycles. The van der Waals surface area contributed by atoms with Gasteiger partial charge in [0.2, 0.25) is 0 Å². The minimum absolute atomic E-state index is 0.260. The molecular formula is C16H19N3O2. The highest BCUT2D eigenvalue weighted by molar-refractivity contribution is 5.70. The lowest BCUT2D eigenvalue weighted by Crippen LogP contribution is -2.37. The lowest BCUT2D eigenvalue weighted by Gasteiger charge is -2.32.